The Kier molecular flexibility index (Phi) is 5.14. The lowest BCUT2D eigenvalue weighted by Gasteiger charge is -2.19. The van der Waals surface area contributed by atoms with Crippen molar-refractivity contribution >= 4 is 44.3 Å². The quantitative estimate of drug-likeness (QED) is 0.453. The second-order valence-electron chi connectivity index (χ2n) is 6.31. The molecule has 2 atom stereocenters. The first kappa shape index (κ1) is 18.0. The minimum Gasteiger partial charge on any atom is -0.293 e. The number of halogens is 1. The molecule has 0 aromatic heterocycles. The zero-order valence-electron chi connectivity index (χ0n) is 14.5. The summed E-state index contributed by atoms with van der Waals surface area (Å²) in [6, 6.07) is 27.4. The molecule has 4 rings (SSSR count). The Morgan fingerprint density at radius 3 is 2.11 bits per heavy atom. The average molecular weight is 438 g/mol. The highest BCUT2D eigenvalue weighted by Gasteiger charge is 2.45. The van der Waals surface area contributed by atoms with E-state index in [0.29, 0.717) is 10.7 Å². The summed E-state index contributed by atoms with van der Waals surface area (Å²) in [6.07, 6.45) is 0. The molecule has 0 saturated heterocycles. The summed E-state index contributed by atoms with van der Waals surface area (Å²) in [5.41, 5.74) is 9.18. The van der Waals surface area contributed by atoms with E-state index in [1.54, 1.807) is 0 Å². The van der Waals surface area contributed by atoms with Gasteiger partial charge in [-0.25, -0.2) is 4.58 Å². The van der Waals surface area contributed by atoms with Crippen molar-refractivity contribution in [3.05, 3.63) is 101 Å². The van der Waals surface area contributed by atoms with Crippen molar-refractivity contribution in [2.24, 2.45) is 5.73 Å². The molecule has 2 unspecified atom stereocenters. The van der Waals surface area contributed by atoms with E-state index >= 15 is 0 Å². The van der Waals surface area contributed by atoms with Gasteiger partial charge in [-0.05, 0) is 41.6 Å². The molecule has 0 amide bonds. The number of carbonyl (C=O) groups is 1. The van der Waals surface area contributed by atoms with Gasteiger partial charge in [0.2, 0.25) is 0 Å². The van der Waals surface area contributed by atoms with Crippen molar-refractivity contribution in [1.29, 1.82) is 0 Å². The molecule has 2 N–H and O–H groups in total. The summed E-state index contributed by atoms with van der Waals surface area (Å²) in [4.78, 5) is 13.3. The van der Waals surface area contributed by atoms with Crippen molar-refractivity contribution < 1.29 is 9.37 Å². The average Bonchev–Trinajstić information content (AvgIpc) is 3.06. The fourth-order valence-corrected chi connectivity index (χ4v) is 4.86. The molecule has 5 heteroatoms. The van der Waals surface area contributed by atoms with Crippen LogP contribution >= 0.6 is 27.7 Å². The molecule has 0 radical (unpaired) electrons. The molecule has 3 nitrogen and oxygen atoms in total. The zero-order valence-corrected chi connectivity index (χ0v) is 16.9. The molecule has 134 valence electrons. The molecular weight excluding hydrogens is 420 g/mol. The summed E-state index contributed by atoms with van der Waals surface area (Å²) in [5, 5.41) is 0.332. The Labute approximate surface area is 171 Å². The van der Waals surface area contributed by atoms with E-state index in [-0.39, 0.29) is 17.1 Å². The maximum Gasteiger partial charge on any atom is 0.310 e. The van der Waals surface area contributed by atoms with Gasteiger partial charge in [-0.1, -0.05) is 76.6 Å². The smallest absolute Gasteiger partial charge is 0.293 e. The Hall–Kier alpha value is -2.37. The van der Waals surface area contributed by atoms with E-state index in [1.807, 2.05) is 72.8 Å². The largest absolute Gasteiger partial charge is 0.310 e. The summed E-state index contributed by atoms with van der Waals surface area (Å²) in [6.45, 7) is 0. The number of amidine groups is 1. The predicted molar refractivity (Wildman–Crippen MR) is 115 cm³/mol. The Morgan fingerprint density at radius 1 is 0.889 bits per heavy atom. The maximum absolute atomic E-state index is 13.3. The van der Waals surface area contributed by atoms with Crippen LogP contribution in [0.2, 0.25) is 0 Å². The number of hydrogen-bond acceptors (Lipinski definition) is 3. The van der Waals surface area contributed by atoms with Gasteiger partial charge in [-0.2, -0.15) is 0 Å². The van der Waals surface area contributed by atoms with E-state index in [1.165, 1.54) is 11.8 Å². The highest BCUT2D eigenvalue weighted by atomic mass is 79.9. The third-order valence-corrected chi connectivity index (χ3v) is 6.31. The highest BCUT2D eigenvalue weighted by molar-refractivity contribution is 9.10. The van der Waals surface area contributed by atoms with Crippen LogP contribution in [0.25, 0.3) is 0 Å². The Bertz CT molecular complexity index is 988. The maximum atomic E-state index is 13.3. The fourth-order valence-electron chi connectivity index (χ4n) is 3.35. The lowest BCUT2D eigenvalue weighted by Crippen LogP contribution is -2.27. The molecule has 0 fully saturated rings. The van der Waals surface area contributed by atoms with Crippen LogP contribution < -0.4 is 5.73 Å². The van der Waals surface area contributed by atoms with Crippen LogP contribution in [0.1, 0.15) is 22.0 Å². The molecule has 1 aliphatic rings. The third-order valence-electron chi connectivity index (χ3n) is 4.61. The molecule has 0 bridgehead atoms. The molecule has 1 aliphatic heterocycles. The lowest BCUT2D eigenvalue weighted by molar-refractivity contribution is -0.483. The van der Waals surface area contributed by atoms with Crippen LogP contribution in [-0.2, 0) is 0 Å². The first-order chi connectivity index (χ1) is 13.1. The molecule has 27 heavy (non-hydrogen) atoms. The number of hydrogen-bond donors (Lipinski definition) is 1. The summed E-state index contributed by atoms with van der Waals surface area (Å²) in [7, 11) is 0. The number of thioether (sulfide) groups is 1. The van der Waals surface area contributed by atoms with Crippen molar-refractivity contribution in [1.82, 2.24) is 0 Å². The van der Waals surface area contributed by atoms with E-state index in [2.05, 4.69) is 32.6 Å². The van der Waals surface area contributed by atoms with Crippen LogP contribution in [0.4, 0.5) is 5.69 Å². The van der Waals surface area contributed by atoms with Crippen molar-refractivity contribution in [2.45, 2.75) is 11.3 Å². The summed E-state index contributed by atoms with van der Waals surface area (Å²) >= 11 is 4.92. The van der Waals surface area contributed by atoms with Gasteiger partial charge in [0.25, 0.3) is 0 Å². The summed E-state index contributed by atoms with van der Waals surface area (Å²) < 4.78 is 3.07. The number of benzene rings is 3. The van der Waals surface area contributed by atoms with Crippen LogP contribution in [0.5, 0.6) is 0 Å². The van der Waals surface area contributed by atoms with Crippen molar-refractivity contribution in [3.8, 4) is 0 Å². The van der Waals surface area contributed by atoms with Crippen LogP contribution in [0.3, 0.4) is 0 Å². The minimum absolute atomic E-state index is 0.0945. The van der Waals surface area contributed by atoms with Gasteiger partial charge in [0.05, 0.1) is 0 Å². The van der Waals surface area contributed by atoms with Gasteiger partial charge < -0.3 is 0 Å². The van der Waals surface area contributed by atoms with Gasteiger partial charge in [-0.15, -0.1) is 0 Å². The number of rotatable bonds is 4. The summed E-state index contributed by atoms with van der Waals surface area (Å²) in [5.74, 6) is 0.0945. The Morgan fingerprint density at radius 2 is 1.48 bits per heavy atom. The van der Waals surface area contributed by atoms with Gasteiger partial charge in [0.1, 0.15) is 17.0 Å². The number of carbonyl (C=O) groups excluding carboxylic acids is 1. The number of ketones is 1. The van der Waals surface area contributed by atoms with Gasteiger partial charge in [-0.3, -0.25) is 10.5 Å². The first-order valence-corrected chi connectivity index (χ1v) is 10.3. The van der Waals surface area contributed by atoms with E-state index in [0.717, 1.165) is 15.7 Å². The van der Waals surface area contributed by atoms with Gasteiger partial charge >= 0.3 is 5.17 Å². The number of Topliss-reactive ketones (excluding diaryl/α,β-unsaturated/α-hetero) is 1. The predicted octanol–water partition coefficient (Wildman–Crippen LogP) is 5.15. The molecule has 3 aromatic carbocycles. The van der Waals surface area contributed by atoms with Crippen molar-refractivity contribution in [2.75, 3.05) is 0 Å². The number of nitrogens with zero attached hydrogens (tertiary/aromatic N) is 1. The van der Waals surface area contributed by atoms with Gasteiger partial charge in [0, 0.05) is 10.0 Å². The first-order valence-electron chi connectivity index (χ1n) is 8.63. The Balaban J connectivity index is 1.80. The molecule has 0 aliphatic carbocycles. The van der Waals surface area contributed by atoms with E-state index < -0.39 is 0 Å². The monoisotopic (exact) mass is 437 g/mol. The van der Waals surface area contributed by atoms with Crippen molar-refractivity contribution in [3.63, 3.8) is 0 Å². The highest BCUT2D eigenvalue weighted by Crippen LogP contribution is 2.41. The van der Waals surface area contributed by atoms with Crippen LogP contribution in [0, 0.1) is 0 Å². The normalized spacial score (nSPS) is 19.3. The topological polar surface area (TPSA) is 46.1 Å². The molecule has 3 aromatic rings. The van der Waals surface area contributed by atoms with Gasteiger partial charge in [0.15, 0.2) is 5.78 Å². The second-order valence-corrected chi connectivity index (χ2v) is 8.39. The SMILES string of the molecule is NC1=[N+](c2ccc(Br)cc2)C(c2ccccc2)C(C(=O)c2ccccc2)S1. The standard InChI is InChI=1S/C22H17BrN2OS/c23-17-11-13-18(14-12-17)25-19(15-7-3-1-4-8-15)21(27-22(25)24)20(26)16-9-5-2-6-10-16/h1-14,19,21,24H/p+1. The van der Waals surface area contributed by atoms with Crippen LogP contribution in [-0.4, -0.2) is 20.8 Å². The number of nitrogens with two attached hydrogens (primary N) is 1. The molecule has 0 spiro atoms. The van der Waals surface area contributed by atoms with E-state index in [9.17, 15) is 4.79 Å². The third kappa shape index (κ3) is 3.57. The minimum atomic E-state index is -0.307. The molecule has 1 heterocycles. The fraction of sp³-hybridized carbons (Fsp3) is 0.0909. The molecule has 0 saturated carbocycles. The van der Waals surface area contributed by atoms with Crippen LogP contribution in [0.15, 0.2) is 89.4 Å². The molecular formula is C22H18BrN2OS+. The second kappa shape index (κ2) is 7.71. The zero-order chi connectivity index (χ0) is 18.8. The lowest BCUT2D eigenvalue weighted by atomic mass is 9.96. The van der Waals surface area contributed by atoms with E-state index in [4.69, 9.17) is 5.73 Å².